The van der Waals surface area contributed by atoms with Crippen LogP contribution in [-0.4, -0.2) is 43.0 Å². The first-order valence-corrected chi connectivity index (χ1v) is 8.67. The second-order valence-electron chi connectivity index (χ2n) is 6.25. The Balaban J connectivity index is 1.54. The van der Waals surface area contributed by atoms with E-state index in [1.165, 1.54) is 4.88 Å². The number of carbonyl (C=O) groups excluding carboxylic acids is 1. The van der Waals surface area contributed by atoms with Crippen molar-refractivity contribution in [1.82, 2.24) is 10.3 Å². The summed E-state index contributed by atoms with van der Waals surface area (Å²) in [6.45, 7) is 4.97. The minimum Gasteiger partial charge on any atom is -0.381 e. The number of amides is 2. The van der Waals surface area contributed by atoms with Gasteiger partial charge in [-0.3, -0.25) is 5.32 Å². The highest BCUT2D eigenvalue weighted by Crippen LogP contribution is 2.32. The minimum atomic E-state index is -0.289. The average Bonchev–Trinajstić information content (AvgIpc) is 2.96. The number of anilines is 1. The van der Waals surface area contributed by atoms with Crippen LogP contribution in [0.15, 0.2) is 6.20 Å². The molecule has 0 aliphatic carbocycles. The van der Waals surface area contributed by atoms with Gasteiger partial charge in [-0.05, 0) is 38.5 Å². The van der Waals surface area contributed by atoms with E-state index in [1.807, 2.05) is 13.1 Å². The van der Waals surface area contributed by atoms with Gasteiger partial charge in [0.05, 0.1) is 12.1 Å². The maximum atomic E-state index is 12.1. The van der Waals surface area contributed by atoms with Gasteiger partial charge in [-0.25, -0.2) is 9.78 Å². The van der Waals surface area contributed by atoms with E-state index in [9.17, 15) is 4.79 Å². The Hall–Kier alpha value is -1.18. The monoisotopic (exact) mass is 325 g/mol. The number of nitrogens with zero attached hydrogens (tertiary/aromatic N) is 1. The number of hydrogen-bond donors (Lipinski definition) is 2. The molecule has 2 aliphatic heterocycles. The molecule has 3 heterocycles. The van der Waals surface area contributed by atoms with Crippen molar-refractivity contribution >= 4 is 22.5 Å². The number of thiazole rings is 1. The number of urea groups is 1. The smallest absolute Gasteiger partial charge is 0.321 e. The zero-order chi connectivity index (χ0) is 15.4. The van der Waals surface area contributed by atoms with E-state index < -0.39 is 0 Å². The van der Waals surface area contributed by atoms with E-state index in [1.54, 1.807) is 11.3 Å². The number of aromatic nitrogens is 1. The molecule has 1 atom stereocenters. The first-order valence-electron chi connectivity index (χ1n) is 7.85. The molecule has 1 aromatic heterocycles. The third-order valence-corrected chi connectivity index (χ3v) is 5.30. The van der Waals surface area contributed by atoms with Crippen LogP contribution >= 0.6 is 11.3 Å². The first kappa shape index (κ1) is 15.7. The molecule has 0 spiro atoms. The zero-order valence-electron chi connectivity index (χ0n) is 12.9. The van der Waals surface area contributed by atoms with Crippen molar-refractivity contribution in [3.05, 3.63) is 11.1 Å². The largest absolute Gasteiger partial charge is 0.381 e. The van der Waals surface area contributed by atoms with Crippen molar-refractivity contribution in [1.29, 1.82) is 0 Å². The summed E-state index contributed by atoms with van der Waals surface area (Å²) in [6.07, 6.45) is 5.85. The molecule has 2 saturated heterocycles. The lowest BCUT2D eigenvalue weighted by molar-refractivity contribution is 0.0342. The van der Waals surface area contributed by atoms with Crippen molar-refractivity contribution < 1.29 is 14.3 Å². The molecule has 3 rings (SSSR count). The van der Waals surface area contributed by atoms with Gasteiger partial charge in [0.25, 0.3) is 0 Å². The second kappa shape index (κ2) is 6.93. The van der Waals surface area contributed by atoms with Gasteiger partial charge in [-0.1, -0.05) is 0 Å². The van der Waals surface area contributed by atoms with Crippen molar-refractivity contribution in [2.24, 2.45) is 0 Å². The predicted molar refractivity (Wildman–Crippen MR) is 85.5 cm³/mol. The van der Waals surface area contributed by atoms with Crippen LogP contribution in [0.4, 0.5) is 9.93 Å². The third-order valence-electron chi connectivity index (χ3n) is 4.22. The summed E-state index contributed by atoms with van der Waals surface area (Å²) in [5.41, 5.74) is -0.289. The van der Waals surface area contributed by atoms with Gasteiger partial charge < -0.3 is 14.8 Å². The highest BCUT2D eigenvalue weighted by atomic mass is 32.1. The van der Waals surface area contributed by atoms with Gasteiger partial charge >= 0.3 is 6.03 Å². The Morgan fingerprint density at radius 1 is 1.36 bits per heavy atom. The van der Waals surface area contributed by atoms with Crippen molar-refractivity contribution in [3.63, 3.8) is 0 Å². The van der Waals surface area contributed by atoms with Gasteiger partial charge in [-0.2, -0.15) is 0 Å². The van der Waals surface area contributed by atoms with Gasteiger partial charge in [0.1, 0.15) is 0 Å². The molecule has 6 nitrogen and oxygen atoms in total. The van der Waals surface area contributed by atoms with Gasteiger partial charge in [0, 0.05) is 30.9 Å². The van der Waals surface area contributed by atoms with E-state index in [0.717, 1.165) is 45.5 Å². The number of ether oxygens (including phenoxy) is 2. The molecule has 2 fully saturated rings. The molecule has 0 saturated carbocycles. The Kier molecular flexibility index (Phi) is 4.95. The van der Waals surface area contributed by atoms with Crippen LogP contribution < -0.4 is 10.6 Å². The summed E-state index contributed by atoms with van der Waals surface area (Å²) in [4.78, 5) is 17.7. The summed E-state index contributed by atoms with van der Waals surface area (Å²) in [5.74, 6) is 0.508. The third kappa shape index (κ3) is 3.97. The molecule has 22 heavy (non-hydrogen) atoms. The average molecular weight is 325 g/mol. The second-order valence-corrected chi connectivity index (χ2v) is 7.31. The summed E-state index contributed by atoms with van der Waals surface area (Å²) in [6, 6.07) is -0.208. The van der Waals surface area contributed by atoms with Crippen LogP contribution in [0, 0.1) is 0 Å². The Morgan fingerprint density at radius 3 is 2.91 bits per heavy atom. The van der Waals surface area contributed by atoms with Crippen LogP contribution in [0.2, 0.25) is 0 Å². The fourth-order valence-electron chi connectivity index (χ4n) is 2.95. The number of carbonyl (C=O) groups is 1. The quantitative estimate of drug-likeness (QED) is 0.896. The highest BCUT2D eigenvalue weighted by molar-refractivity contribution is 7.15. The molecule has 0 radical (unpaired) electrons. The fourth-order valence-corrected chi connectivity index (χ4v) is 3.93. The molecule has 2 aliphatic rings. The molecule has 0 bridgehead atoms. The topological polar surface area (TPSA) is 72.5 Å². The molecule has 0 aromatic carbocycles. The highest BCUT2D eigenvalue weighted by Gasteiger charge is 2.29. The van der Waals surface area contributed by atoms with Crippen molar-refractivity contribution in [2.75, 3.05) is 31.7 Å². The lowest BCUT2D eigenvalue weighted by atomic mass is 9.95. The normalized spacial score (nSPS) is 26.6. The Labute approximate surface area is 134 Å². The van der Waals surface area contributed by atoms with E-state index >= 15 is 0 Å². The van der Waals surface area contributed by atoms with Gasteiger partial charge in [0.15, 0.2) is 5.13 Å². The maximum Gasteiger partial charge on any atom is 0.321 e. The SMILES string of the molecule is C[C@]1(NC(=O)Nc2ncc(C3CCOCC3)s2)CCCOC1. The van der Waals surface area contributed by atoms with Crippen LogP contribution in [0.25, 0.3) is 0 Å². The molecule has 0 unspecified atom stereocenters. The van der Waals surface area contributed by atoms with Crippen LogP contribution in [0.3, 0.4) is 0 Å². The van der Waals surface area contributed by atoms with E-state index in [4.69, 9.17) is 9.47 Å². The Morgan fingerprint density at radius 2 is 2.18 bits per heavy atom. The predicted octanol–water partition coefficient (Wildman–Crippen LogP) is 2.73. The van der Waals surface area contributed by atoms with Gasteiger partial charge in [-0.15, -0.1) is 11.3 Å². The summed E-state index contributed by atoms with van der Waals surface area (Å²) in [5, 5.41) is 6.50. The number of rotatable bonds is 3. The standard InChI is InChI=1S/C15H23N3O3S/c1-15(5-2-6-21-10-15)18-13(19)17-14-16-9-12(22-14)11-3-7-20-8-4-11/h9,11H,2-8,10H2,1H3,(H2,16,17,18,19)/t15-/m0/s1. The fraction of sp³-hybridized carbons (Fsp3) is 0.733. The summed E-state index contributed by atoms with van der Waals surface area (Å²) in [7, 11) is 0. The van der Waals surface area contributed by atoms with Crippen LogP contribution in [0.1, 0.15) is 43.4 Å². The minimum absolute atomic E-state index is 0.208. The van der Waals surface area contributed by atoms with Crippen LogP contribution in [-0.2, 0) is 9.47 Å². The van der Waals surface area contributed by atoms with Gasteiger partial charge in [0.2, 0.25) is 0 Å². The lowest BCUT2D eigenvalue weighted by Gasteiger charge is -2.34. The van der Waals surface area contributed by atoms with Crippen molar-refractivity contribution in [2.45, 2.75) is 44.1 Å². The van der Waals surface area contributed by atoms with E-state index in [2.05, 4.69) is 15.6 Å². The molecular formula is C15H23N3O3S. The summed E-state index contributed by atoms with van der Waals surface area (Å²) < 4.78 is 10.8. The molecule has 122 valence electrons. The van der Waals surface area contributed by atoms with Crippen molar-refractivity contribution in [3.8, 4) is 0 Å². The molecule has 1 aromatic rings. The number of nitrogens with one attached hydrogen (secondary N) is 2. The molecule has 7 heteroatoms. The molecule has 2 amide bonds. The lowest BCUT2D eigenvalue weighted by Crippen LogP contribution is -2.52. The summed E-state index contributed by atoms with van der Waals surface area (Å²) >= 11 is 1.56. The Bertz CT molecular complexity index is 508. The maximum absolute atomic E-state index is 12.1. The van der Waals surface area contributed by atoms with Crippen LogP contribution in [0.5, 0.6) is 0 Å². The zero-order valence-corrected chi connectivity index (χ0v) is 13.7. The van der Waals surface area contributed by atoms with E-state index in [-0.39, 0.29) is 11.6 Å². The number of hydrogen-bond acceptors (Lipinski definition) is 5. The first-order chi connectivity index (χ1) is 10.6. The molecular weight excluding hydrogens is 302 g/mol. The van der Waals surface area contributed by atoms with E-state index in [0.29, 0.717) is 17.7 Å². The molecule has 2 N–H and O–H groups in total.